The van der Waals surface area contributed by atoms with Crippen LogP contribution in [-0.2, 0) is 4.74 Å². The van der Waals surface area contributed by atoms with E-state index in [-0.39, 0.29) is 30.4 Å². The van der Waals surface area contributed by atoms with E-state index < -0.39 is 18.2 Å². The van der Waals surface area contributed by atoms with E-state index in [2.05, 4.69) is 29.6 Å². The molecular weight excluding hydrogens is 494 g/mol. The highest BCUT2D eigenvalue weighted by molar-refractivity contribution is 7.99. The molecule has 1 aliphatic heterocycles. The Labute approximate surface area is 218 Å². The molecule has 1 heterocycles. The number of carbonyl (C=O) groups excluding carboxylic acids is 2. The van der Waals surface area contributed by atoms with Gasteiger partial charge in [-0.05, 0) is 46.4 Å². The van der Waals surface area contributed by atoms with Crippen LogP contribution in [0.4, 0.5) is 13.6 Å². The summed E-state index contributed by atoms with van der Waals surface area (Å²) in [6.45, 7) is 0.182. The second-order valence-corrected chi connectivity index (χ2v) is 10.0. The molecule has 3 aromatic rings. The monoisotopic (exact) mass is 520 g/mol. The lowest BCUT2D eigenvalue weighted by molar-refractivity contribution is 0.0960. The summed E-state index contributed by atoms with van der Waals surface area (Å²) >= 11 is 1.52. The first kappa shape index (κ1) is 25.0. The fraction of sp³-hybridized carbons (Fsp3) is 0.241. The van der Waals surface area contributed by atoms with Gasteiger partial charge in [-0.1, -0.05) is 60.7 Å². The lowest BCUT2D eigenvalue weighted by Crippen LogP contribution is -2.37. The third kappa shape index (κ3) is 4.98. The first-order valence-electron chi connectivity index (χ1n) is 12.0. The van der Waals surface area contributed by atoms with Crippen LogP contribution >= 0.6 is 11.8 Å². The molecule has 3 aromatic carbocycles. The van der Waals surface area contributed by atoms with Crippen molar-refractivity contribution in [2.24, 2.45) is 0 Å². The number of carbonyl (C=O) groups is 2. The van der Waals surface area contributed by atoms with Crippen molar-refractivity contribution in [1.29, 1.82) is 0 Å². The summed E-state index contributed by atoms with van der Waals surface area (Å²) in [6, 6.07) is 21.8. The SMILES string of the molecule is CNC(=O)c1ccc(C(CC2CSCN2C(=O)OCC2c3ccccc3-c3ccccc32)=C(F)F)cc1. The number of fused-ring (bicyclic) bond motifs is 3. The highest BCUT2D eigenvalue weighted by Crippen LogP contribution is 2.44. The summed E-state index contributed by atoms with van der Waals surface area (Å²) in [4.78, 5) is 26.4. The Hall–Kier alpha value is -3.65. The first-order chi connectivity index (χ1) is 18.0. The molecule has 2 amide bonds. The van der Waals surface area contributed by atoms with E-state index in [0.29, 0.717) is 22.8 Å². The molecule has 1 fully saturated rings. The summed E-state index contributed by atoms with van der Waals surface area (Å²) in [5.41, 5.74) is 5.11. The molecule has 0 spiro atoms. The number of nitrogens with one attached hydrogen (secondary N) is 1. The fourth-order valence-electron chi connectivity index (χ4n) is 5.04. The number of hydrogen-bond donors (Lipinski definition) is 1. The molecule has 0 saturated carbocycles. The van der Waals surface area contributed by atoms with Crippen LogP contribution in [0.1, 0.15) is 39.4 Å². The van der Waals surface area contributed by atoms with Crippen molar-refractivity contribution in [1.82, 2.24) is 10.2 Å². The van der Waals surface area contributed by atoms with Crippen LogP contribution < -0.4 is 5.32 Å². The molecule has 1 aliphatic carbocycles. The molecule has 8 heteroatoms. The van der Waals surface area contributed by atoms with E-state index in [9.17, 15) is 18.4 Å². The predicted octanol–water partition coefficient (Wildman–Crippen LogP) is 6.37. The third-order valence-corrected chi connectivity index (χ3v) is 8.02. The zero-order valence-electron chi connectivity index (χ0n) is 20.2. The summed E-state index contributed by atoms with van der Waals surface area (Å²) in [7, 11) is 1.51. The van der Waals surface area contributed by atoms with Gasteiger partial charge in [0.05, 0.1) is 5.88 Å². The maximum absolute atomic E-state index is 14.0. The van der Waals surface area contributed by atoms with Crippen molar-refractivity contribution in [3.8, 4) is 11.1 Å². The largest absolute Gasteiger partial charge is 0.448 e. The van der Waals surface area contributed by atoms with Gasteiger partial charge in [-0.2, -0.15) is 8.78 Å². The van der Waals surface area contributed by atoms with Crippen LogP contribution in [0.3, 0.4) is 0 Å². The molecule has 5 nitrogen and oxygen atoms in total. The Morgan fingerprint density at radius 3 is 2.14 bits per heavy atom. The van der Waals surface area contributed by atoms with E-state index in [1.165, 1.54) is 43.1 Å². The van der Waals surface area contributed by atoms with Gasteiger partial charge in [-0.3, -0.25) is 9.69 Å². The molecule has 0 aromatic heterocycles. The van der Waals surface area contributed by atoms with Gasteiger partial charge in [-0.15, -0.1) is 11.8 Å². The second-order valence-electron chi connectivity index (χ2n) is 9.03. The number of ether oxygens (including phenoxy) is 1. The quantitative estimate of drug-likeness (QED) is 0.411. The molecule has 2 aliphatic rings. The number of thioether (sulfide) groups is 1. The van der Waals surface area contributed by atoms with Gasteiger partial charge < -0.3 is 10.1 Å². The van der Waals surface area contributed by atoms with Crippen molar-refractivity contribution in [2.75, 3.05) is 25.3 Å². The van der Waals surface area contributed by atoms with Crippen LogP contribution in [-0.4, -0.2) is 48.2 Å². The van der Waals surface area contributed by atoms with Crippen molar-refractivity contribution in [3.63, 3.8) is 0 Å². The molecule has 1 N–H and O–H groups in total. The van der Waals surface area contributed by atoms with E-state index >= 15 is 0 Å². The van der Waals surface area contributed by atoms with Crippen LogP contribution in [0.2, 0.25) is 0 Å². The van der Waals surface area contributed by atoms with Gasteiger partial charge in [0.1, 0.15) is 6.61 Å². The maximum atomic E-state index is 14.0. The molecule has 5 rings (SSSR count). The number of nitrogens with zero attached hydrogens (tertiary/aromatic N) is 1. The van der Waals surface area contributed by atoms with Crippen molar-refractivity contribution in [3.05, 3.63) is 101 Å². The van der Waals surface area contributed by atoms with E-state index in [4.69, 9.17) is 4.74 Å². The molecule has 190 valence electrons. The number of hydrogen-bond acceptors (Lipinski definition) is 4. The molecule has 1 atom stereocenters. The van der Waals surface area contributed by atoms with Crippen LogP contribution in [0.5, 0.6) is 0 Å². The number of rotatable bonds is 6. The van der Waals surface area contributed by atoms with Gasteiger partial charge in [-0.25, -0.2) is 4.79 Å². The summed E-state index contributed by atoms with van der Waals surface area (Å²) in [6.07, 6.45) is -2.29. The van der Waals surface area contributed by atoms with Gasteiger partial charge in [0, 0.05) is 35.9 Å². The predicted molar refractivity (Wildman–Crippen MR) is 142 cm³/mol. The van der Waals surface area contributed by atoms with E-state index in [1.54, 1.807) is 4.90 Å². The summed E-state index contributed by atoms with van der Waals surface area (Å²) < 4.78 is 33.8. The van der Waals surface area contributed by atoms with Crippen LogP contribution in [0, 0.1) is 0 Å². The Kier molecular flexibility index (Phi) is 7.28. The zero-order chi connectivity index (χ0) is 25.9. The Balaban J connectivity index is 1.28. The van der Waals surface area contributed by atoms with Gasteiger partial charge in [0.15, 0.2) is 0 Å². The Morgan fingerprint density at radius 2 is 1.54 bits per heavy atom. The van der Waals surface area contributed by atoms with Gasteiger partial charge in [0.2, 0.25) is 0 Å². The molecule has 0 bridgehead atoms. The highest BCUT2D eigenvalue weighted by atomic mass is 32.2. The first-order valence-corrected chi connectivity index (χ1v) is 13.2. The number of benzene rings is 3. The molecular formula is C29H26F2N2O3S. The van der Waals surface area contributed by atoms with Crippen LogP contribution in [0.15, 0.2) is 78.9 Å². The van der Waals surface area contributed by atoms with Crippen molar-refractivity contribution in [2.45, 2.75) is 18.4 Å². The normalized spacial score (nSPS) is 16.2. The summed E-state index contributed by atoms with van der Waals surface area (Å²) in [5, 5.41) is 2.51. The zero-order valence-corrected chi connectivity index (χ0v) is 21.1. The van der Waals surface area contributed by atoms with E-state index in [1.807, 2.05) is 24.3 Å². The third-order valence-electron chi connectivity index (χ3n) is 6.94. The van der Waals surface area contributed by atoms with Gasteiger partial charge >= 0.3 is 6.09 Å². The maximum Gasteiger partial charge on any atom is 0.410 e. The fourth-order valence-corrected chi connectivity index (χ4v) is 6.23. The number of amides is 2. The Morgan fingerprint density at radius 1 is 0.946 bits per heavy atom. The van der Waals surface area contributed by atoms with E-state index in [0.717, 1.165) is 22.3 Å². The minimum Gasteiger partial charge on any atom is -0.448 e. The average molecular weight is 521 g/mol. The van der Waals surface area contributed by atoms with Crippen molar-refractivity contribution < 1.29 is 23.1 Å². The highest BCUT2D eigenvalue weighted by Gasteiger charge is 2.34. The standard InChI is InChI=1S/C29H26F2N2O3S/c1-32-28(34)19-12-10-18(11-13-19)25(27(30)31)14-20-16-37-17-33(20)29(35)36-15-26-23-8-4-2-6-21(23)22-7-3-5-9-24(22)26/h2-13,20,26H,14-17H2,1H3,(H,32,34). The Bertz CT molecular complexity index is 1310. The topological polar surface area (TPSA) is 58.6 Å². The number of halogens is 2. The summed E-state index contributed by atoms with van der Waals surface area (Å²) in [5.74, 6) is 0.573. The second kappa shape index (κ2) is 10.8. The molecule has 37 heavy (non-hydrogen) atoms. The average Bonchev–Trinajstić information content (AvgIpc) is 3.52. The lowest BCUT2D eigenvalue weighted by atomic mass is 9.98. The minimum atomic E-state index is -1.79. The van der Waals surface area contributed by atoms with Crippen LogP contribution in [0.25, 0.3) is 16.7 Å². The minimum absolute atomic E-state index is 0.00114. The molecule has 0 radical (unpaired) electrons. The van der Waals surface area contributed by atoms with Gasteiger partial charge in [0.25, 0.3) is 12.0 Å². The molecule has 1 unspecified atom stereocenters. The lowest BCUT2D eigenvalue weighted by Gasteiger charge is -2.25. The molecule has 1 saturated heterocycles. The van der Waals surface area contributed by atoms with Crippen molar-refractivity contribution >= 4 is 29.3 Å². The smallest absolute Gasteiger partial charge is 0.410 e.